The molecule has 0 N–H and O–H groups in total. The number of hydrogen-bond donors (Lipinski definition) is 0. The Morgan fingerprint density at radius 2 is 1.85 bits per heavy atom. The van der Waals surface area contributed by atoms with Gasteiger partial charge < -0.3 is 9.16 Å². The molecule has 0 spiro atoms. The van der Waals surface area contributed by atoms with Crippen LogP contribution in [0.2, 0.25) is 18.1 Å². The first-order valence-electron chi connectivity index (χ1n) is 9.69. The zero-order valence-corrected chi connectivity index (χ0v) is 18.4. The predicted octanol–water partition coefficient (Wildman–Crippen LogP) is 6.19. The maximum Gasteiger partial charge on any atom is 0.192 e. The zero-order chi connectivity index (χ0) is 19.5. The molecule has 0 saturated carbocycles. The first-order valence-corrected chi connectivity index (χ1v) is 12.6. The summed E-state index contributed by atoms with van der Waals surface area (Å²) in [5.74, 6) is 0.0589. The van der Waals surface area contributed by atoms with Crippen LogP contribution in [0.3, 0.4) is 0 Å². The van der Waals surface area contributed by atoms with E-state index in [-0.39, 0.29) is 22.9 Å². The normalized spacial score (nSPS) is 31.6. The molecule has 2 aliphatic heterocycles. The third kappa shape index (κ3) is 2.90. The van der Waals surface area contributed by atoms with Gasteiger partial charge in [-0.05, 0) is 48.7 Å². The molecule has 2 bridgehead atoms. The fourth-order valence-electron chi connectivity index (χ4n) is 4.01. The van der Waals surface area contributed by atoms with Crippen LogP contribution < -0.4 is 0 Å². The molecule has 0 aromatic heterocycles. The first-order chi connectivity index (χ1) is 11.8. The van der Waals surface area contributed by atoms with E-state index in [0.29, 0.717) is 5.56 Å². The lowest BCUT2D eigenvalue weighted by Crippen LogP contribution is -2.49. The molecule has 0 amide bonds. The molecule has 1 aromatic carbocycles. The molecule has 1 fully saturated rings. The Balaban J connectivity index is 2.02. The zero-order valence-electron chi connectivity index (χ0n) is 17.4. The monoisotopic (exact) mass is 376 g/mol. The van der Waals surface area contributed by atoms with Crippen LogP contribution in [0.15, 0.2) is 30.3 Å². The fourth-order valence-corrected chi connectivity index (χ4v) is 5.40. The van der Waals surface area contributed by atoms with Crippen molar-refractivity contribution in [2.24, 2.45) is 5.92 Å². The van der Waals surface area contributed by atoms with E-state index >= 15 is 0 Å². The topological polar surface area (TPSA) is 18.5 Å². The molecule has 2 nitrogen and oxygen atoms in total. The summed E-state index contributed by atoms with van der Waals surface area (Å²) >= 11 is 0. The van der Waals surface area contributed by atoms with Crippen molar-refractivity contribution in [2.75, 3.05) is 0 Å². The van der Waals surface area contributed by atoms with Crippen LogP contribution in [0.5, 0.6) is 0 Å². The third-order valence-corrected chi connectivity index (χ3v) is 11.2. The highest BCUT2D eigenvalue weighted by Crippen LogP contribution is 2.58. The molecule has 1 saturated heterocycles. The molecule has 3 atom stereocenters. The van der Waals surface area contributed by atoms with Gasteiger partial charge in [0.1, 0.15) is 11.4 Å². The van der Waals surface area contributed by atoms with Gasteiger partial charge in [-0.2, -0.15) is 0 Å². The molecule has 26 heavy (non-hydrogen) atoms. The second-order valence-corrected chi connectivity index (χ2v) is 14.7. The van der Waals surface area contributed by atoms with Crippen LogP contribution >= 0.6 is 0 Å². The van der Waals surface area contributed by atoms with Crippen molar-refractivity contribution >= 4 is 13.9 Å². The second kappa shape index (κ2) is 6.01. The van der Waals surface area contributed by atoms with Crippen LogP contribution in [0.25, 0.3) is 5.57 Å². The van der Waals surface area contributed by atoms with Crippen molar-refractivity contribution in [1.29, 1.82) is 0 Å². The van der Waals surface area contributed by atoms with Crippen LogP contribution in [0.1, 0.15) is 53.5 Å². The van der Waals surface area contributed by atoms with E-state index < -0.39 is 19.5 Å². The Morgan fingerprint density at radius 1 is 1.23 bits per heavy atom. The highest BCUT2D eigenvalue weighted by molar-refractivity contribution is 6.74. The first kappa shape index (κ1) is 19.8. The number of fused-ring (bicyclic) bond motifs is 2. The van der Waals surface area contributed by atoms with E-state index in [2.05, 4.69) is 60.7 Å². The van der Waals surface area contributed by atoms with Gasteiger partial charge in [-0.1, -0.05) is 52.8 Å². The highest BCUT2D eigenvalue weighted by Gasteiger charge is 2.62. The van der Waals surface area contributed by atoms with Gasteiger partial charge in [-0.15, -0.1) is 0 Å². The van der Waals surface area contributed by atoms with Crippen LogP contribution in [0.4, 0.5) is 4.39 Å². The summed E-state index contributed by atoms with van der Waals surface area (Å²) in [5.41, 5.74) is 0.667. The average molecular weight is 377 g/mol. The van der Waals surface area contributed by atoms with E-state index in [9.17, 15) is 4.39 Å². The van der Waals surface area contributed by atoms with Crippen LogP contribution in [-0.2, 0) is 9.16 Å². The molecule has 2 aliphatic rings. The number of hydrogen-bond acceptors (Lipinski definition) is 2. The lowest BCUT2D eigenvalue weighted by Gasteiger charge is -2.42. The number of ether oxygens (including phenoxy) is 1. The molecule has 3 rings (SSSR count). The van der Waals surface area contributed by atoms with Crippen molar-refractivity contribution in [2.45, 2.75) is 83.4 Å². The maximum atomic E-state index is 14.5. The predicted molar refractivity (Wildman–Crippen MR) is 108 cm³/mol. The molecular formula is C22H33FO2Si. The highest BCUT2D eigenvalue weighted by atomic mass is 28.4. The van der Waals surface area contributed by atoms with Gasteiger partial charge in [0, 0.05) is 12.0 Å². The number of benzene rings is 1. The number of rotatable bonds is 4. The van der Waals surface area contributed by atoms with Gasteiger partial charge in [0.25, 0.3) is 0 Å². The minimum Gasteiger partial charge on any atom is -0.411 e. The summed E-state index contributed by atoms with van der Waals surface area (Å²) in [6, 6.07) is 7.02. The number of halogens is 1. The van der Waals surface area contributed by atoms with Gasteiger partial charge in [0.15, 0.2) is 8.32 Å². The molecule has 144 valence electrons. The van der Waals surface area contributed by atoms with Crippen molar-refractivity contribution in [3.63, 3.8) is 0 Å². The molecular weight excluding hydrogens is 343 g/mol. The van der Waals surface area contributed by atoms with E-state index in [0.717, 1.165) is 12.0 Å². The Morgan fingerprint density at radius 3 is 2.38 bits per heavy atom. The summed E-state index contributed by atoms with van der Waals surface area (Å²) in [4.78, 5) is 0. The van der Waals surface area contributed by atoms with Gasteiger partial charge in [-0.25, -0.2) is 4.39 Å². The Bertz CT molecular complexity index is 734. The Hall–Kier alpha value is -0.973. The Kier molecular flexibility index (Phi) is 4.57. The summed E-state index contributed by atoms with van der Waals surface area (Å²) in [5, 5.41) is 0.147. The minimum absolute atomic E-state index is 0.0151. The van der Waals surface area contributed by atoms with Gasteiger partial charge in [0.05, 0.1) is 11.7 Å². The van der Waals surface area contributed by atoms with Crippen molar-refractivity contribution in [3.8, 4) is 0 Å². The second-order valence-electron chi connectivity index (χ2n) is 9.94. The molecule has 2 heterocycles. The fraction of sp³-hybridized carbons (Fsp3) is 0.636. The molecule has 0 radical (unpaired) electrons. The minimum atomic E-state index is -1.92. The third-order valence-electron chi connectivity index (χ3n) is 6.76. The van der Waals surface area contributed by atoms with Gasteiger partial charge in [0.2, 0.25) is 0 Å². The van der Waals surface area contributed by atoms with Crippen molar-refractivity contribution in [3.05, 3.63) is 41.7 Å². The maximum absolute atomic E-state index is 14.5. The lowest BCUT2D eigenvalue weighted by molar-refractivity contribution is -0.0602. The molecule has 4 heteroatoms. The quantitative estimate of drug-likeness (QED) is 0.584. The standard InChI is InChI=1S/C22H33FO2Si/c1-15(2)22-14-19(24-26(7,8)20(3,4)5)21(6,25-22)13-17(22)16-11-9-10-12-18(16)23/h9-13,15,19H,14H2,1-8H3/t19-,21+,22-/m1/s1. The summed E-state index contributed by atoms with van der Waals surface area (Å²) in [6.45, 7) is 17.8. The lowest BCUT2D eigenvalue weighted by atomic mass is 9.73. The molecule has 0 aliphatic carbocycles. The van der Waals surface area contributed by atoms with Gasteiger partial charge >= 0.3 is 0 Å². The summed E-state index contributed by atoms with van der Waals surface area (Å²) < 4.78 is 27.9. The van der Waals surface area contributed by atoms with E-state index in [1.165, 1.54) is 6.07 Å². The van der Waals surface area contributed by atoms with E-state index in [1.807, 2.05) is 12.1 Å². The summed E-state index contributed by atoms with van der Waals surface area (Å²) in [7, 11) is -1.92. The summed E-state index contributed by atoms with van der Waals surface area (Å²) in [6.07, 6.45) is 2.93. The smallest absolute Gasteiger partial charge is 0.192 e. The molecule has 0 unspecified atom stereocenters. The van der Waals surface area contributed by atoms with Gasteiger partial charge in [-0.3, -0.25) is 0 Å². The SMILES string of the molecule is CC(C)[C@]12C[C@@H](O[Si](C)(C)C(C)(C)C)[C@](C)(C=C1c1ccccc1F)O2. The largest absolute Gasteiger partial charge is 0.411 e. The van der Waals surface area contributed by atoms with Crippen molar-refractivity contribution in [1.82, 2.24) is 0 Å². The average Bonchev–Trinajstić information content (AvgIpc) is 2.95. The van der Waals surface area contributed by atoms with E-state index in [1.54, 1.807) is 6.07 Å². The van der Waals surface area contributed by atoms with Crippen LogP contribution in [0, 0.1) is 11.7 Å². The van der Waals surface area contributed by atoms with Crippen molar-refractivity contribution < 1.29 is 13.6 Å². The molecule has 1 aromatic rings. The van der Waals surface area contributed by atoms with Crippen LogP contribution in [-0.4, -0.2) is 25.6 Å². The van der Waals surface area contributed by atoms with E-state index in [4.69, 9.17) is 9.16 Å². The Labute approximate surface area is 158 Å².